The molecule has 0 spiro atoms. The van der Waals surface area contributed by atoms with Gasteiger partial charge in [0.25, 0.3) is 5.56 Å². The molecule has 1 N–H and O–H groups in total. The zero-order chi connectivity index (χ0) is 10.1. The van der Waals surface area contributed by atoms with Crippen molar-refractivity contribution in [2.75, 3.05) is 6.26 Å². The Kier molecular flexibility index (Phi) is 2.48. The zero-order valence-corrected chi connectivity index (χ0v) is 8.95. The smallest absolute Gasteiger partial charge is 0.258 e. The fourth-order valence-corrected chi connectivity index (χ4v) is 2.10. The van der Waals surface area contributed by atoms with Crippen LogP contribution in [0.25, 0.3) is 10.9 Å². The summed E-state index contributed by atoms with van der Waals surface area (Å²) in [6, 6.07) is 3.46. The molecule has 3 nitrogen and oxygen atoms in total. The van der Waals surface area contributed by atoms with Crippen LogP contribution >= 0.6 is 23.4 Å². The fourth-order valence-electron chi connectivity index (χ4n) is 1.23. The summed E-state index contributed by atoms with van der Waals surface area (Å²) >= 11 is 7.51. The van der Waals surface area contributed by atoms with Crippen LogP contribution in [0.3, 0.4) is 0 Å². The van der Waals surface area contributed by atoms with Gasteiger partial charge in [-0.1, -0.05) is 11.6 Å². The highest BCUT2D eigenvalue weighted by Crippen LogP contribution is 2.27. The molecule has 0 radical (unpaired) electrons. The number of H-pyrrole nitrogens is 1. The Morgan fingerprint density at radius 3 is 3.00 bits per heavy atom. The standard InChI is InChI=1S/C9H7ClN2OS/c1-14-8-3-7-5(2-6(8)10)9(13)12-4-11-7/h2-4H,1H3,(H,11,12,13). The molecule has 0 aliphatic rings. The molecular weight excluding hydrogens is 220 g/mol. The van der Waals surface area contributed by atoms with Gasteiger partial charge in [-0.2, -0.15) is 0 Å². The highest BCUT2D eigenvalue weighted by atomic mass is 35.5. The van der Waals surface area contributed by atoms with E-state index in [1.807, 2.05) is 12.3 Å². The number of aromatic nitrogens is 2. The number of aromatic amines is 1. The predicted molar refractivity (Wildman–Crippen MR) is 59.2 cm³/mol. The van der Waals surface area contributed by atoms with Crippen molar-refractivity contribution >= 4 is 34.3 Å². The van der Waals surface area contributed by atoms with E-state index >= 15 is 0 Å². The van der Waals surface area contributed by atoms with Gasteiger partial charge < -0.3 is 4.98 Å². The number of rotatable bonds is 1. The van der Waals surface area contributed by atoms with Crippen LogP contribution in [0.1, 0.15) is 0 Å². The van der Waals surface area contributed by atoms with Crippen molar-refractivity contribution in [3.8, 4) is 0 Å². The molecule has 0 saturated heterocycles. The van der Waals surface area contributed by atoms with Crippen LogP contribution in [-0.2, 0) is 0 Å². The van der Waals surface area contributed by atoms with Crippen LogP contribution in [0.4, 0.5) is 0 Å². The van der Waals surface area contributed by atoms with Gasteiger partial charge in [0.1, 0.15) is 0 Å². The molecule has 2 rings (SSSR count). The van der Waals surface area contributed by atoms with Gasteiger partial charge in [-0.3, -0.25) is 4.79 Å². The van der Waals surface area contributed by atoms with Crippen LogP contribution in [0.5, 0.6) is 0 Å². The number of thioether (sulfide) groups is 1. The second-order valence-electron chi connectivity index (χ2n) is 2.74. The number of hydrogen-bond donors (Lipinski definition) is 1. The van der Waals surface area contributed by atoms with Crippen LogP contribution in [-0.4, -0.2) is 16.2 Å². The summed E-state index contributed by atoms with van der Waals surface area (Å²) in [7, 11) is 0. The first kappa shape index (κ1) is 9.55. The summed E-state index contributed by atoms with van der Waals surface area (Å²) in [5.41, 5.74) is 0.507. The summed E-state index contributed by atoms with van der Waals surface area (Å²) in [4.78, 5) is 18.9. The molecule has 1 aromatic heterocycles. The third-order valence-electron chi connectivity index (χ3n) is 1.91. The molecule has 0 unspecified atom stereocenters. The van der Waals surface area contributed by atoms with Crippen molar-refractivity contribution in [1.29, 1.82) is 0 Å². The van der Waals surface area contributed by atoms with E-state index in [0.29, 0.717) is 15.9 Å². The van der Waals surface area contributed by atoms with Crippen molar-refractivity contribution in [3.05, 3.63) is 33.8 Å². The van der Waals surface area contributed by atoms with Gasteiger partial charge in [-0.25, -0.2) is 4.98 Å². The van der Waals surface area contributed by atoms with E-state index in [9.17, 15) is 4.79 Å². The molecule has 0 aliphatic heterocycles. The summed E-state index contributed by atoms with van der Waals surface area (Å²) in [6.45, 7) is 0. The van der Waals surface area contributed by atoms with Gasteiger partial charge >= 0.3 is 0 Å². The first-order valence-corrected chi connectivity index (χ1v) is 5.53. The van der Waals surface area contributed by atoms with E-state index in [-0.39, 0.29) is 5.56 Å². The summed E-state index contributed by atoms with van der Waals surface area (Å²) in [6.07, 6.45) is 3.32. The minimum Gasteiger partial charge on any atom is -0.313 e. The van der Waals surface area contributed by atoms with Crippen LogP contribution in [0.15, 0.2) is 28.2 Å². The maximum atomic E-state index is 11.4. The average molecular weight is 227 g/mol. The Morgan fingerprint density at radius 1 is 1.50 bits per heavy atom. The average Bonchev–Trinajstić information content (AvgIpc) is 2.19. The van der Waals surface area contributed by atoms with Crippen LogP contribution in [0, 0.1) is 0 Å². The van der Waals surface area contributed by atoms with Gasteiger partial charge in [0.2, 0.25) is 0 Å². The first-order valence-electron chi connectivity index (χ1n) is 3.93. The number of fused-ring (bicyclic) bond motifs is 1. The van der Waals surface area contributed by atoms with Crippen molar-refractivity contribution in [2.45, 2.75) is 4.90 Å². The van der Waals surface area contributed by atoms with Crippen LogP contribution < -0.4 is 5.56 Å². The Hall–Kier alpha value is -1.00. The third-order valence-corrected chi connectivity index (χ3v) is 3.12. The van der Waals surface area contributed by atoms with E-state index in [0.717, 1.165) is 4.90 Å². The Bertz CT molecular complexity index is 538. The van der Waals surface area contributed by atoms with Crippen molar-refractivity contribution in [3.63, 3.8) is 0 Å². The van der Waals surface area contributed by atoms with Gasteiger partial charge in [0.15, 0.2) is 0 Å². The predicted octanol–water partition coefficient (Wildman–Crippen LogP) is 2.30. The minimum absolute atomic E-state index is 0.162. The highest BCUT2D eigenvalue weighted by molar-refractivity contribution is 7.98. The minimum atomic E-state index is -0.162. The molecule has 5 heteroatoms. The quantitative estimate of drug-likeness (QED) is 0.759. The van der Waals surface area contributed by atoms with E-state index in [1.54, 1.807) is 6.07 Å². The van der Waals surface area contributed by atoms with Crippen molar-refractivity contribution in [1.82, 2.24) is 9.97 Å². The molecule has 0 atom stereocenters. The van der Waals surface area contributed by atoms with E-state index in [4.69, 9.17) is 11.6 Å². The molecule has 1 heterocycles. The van der Waals surface area contributed by atoms with Crippen LogP contribution in [0.2, 0.25) is 5.02 Å². The topological polar surface area (TPSA) is 45.8 Å². The van der Waals surface area contributed by atoms with Gasteiger partial charge in [0, 0.05) is 4.90 Å². The molecule has 0 fully saturated rings. The monoisotopic (exact) mass is 226 g/mol. The number of benzene rings is 1. The molecule has 72 valence electrons. The van der Waals surface area contributed by atoms with E-state index in [2.05, 4.69) is 9.97 Å². The van der Waals surface area contributed by atoms with Gasteiger partial charge in [-0.05, 0) is 18.4 Å². The van der Waals surface area contributed by atoms with Crippen molar-refractivity contribution in [2.24, 2.45) is 0 Å². The Balaban J connectivity index is 2.86. The van der Waals surface area contributed by atoms with Gasteiger partial charge in [-0.15, -0.1) is 11.8 Å². The maximum Gasteiger partial charge on any atom is 0.258 e. The molecule has 0 bridgehead atoms. The summed E-state index contributed by atoms with van der Waals surface area (Å²) in [5, 5.41) is 1.11. The fraction of sp³-hybridized carbons (Fsp3) is 0.111. The molecule has 0 amide bonds. The lowest BCUT2D eigenvalue weighted by Gasteiger charge is -2.01. The molecule has 0 aliphatic carbocycles. The van der Waals surface area contributed by atoms with E-state index < -0.39 is 0 Å². The number of hydrogen-bond acceptors (Lipinski definition) is 3. The maximum absolute atomic E-state index is 11.4. The molecule has 14 heavy (non-hydrogen) atoms. The van der Waals surface area contributed by atoms with Gasteiger partial charge in [0.05, 0.1) is 22.3 Å². The molecule has 2 aromatic rings. The third kappa shape index (κ3) is 1.51. The highest BCUT2D eigenvalue weighted by Gasteiger charge is 2.05. The van der Waals surface area contributed by atoms with Crippen molar-refractivity contribution < 1.29 is 0 Å². The summed E-state index contributed by atoms with van der Waals surface area (Å²) < 4.78 is 0. The number of nitrogens with zero attached hydrogens (tertiary/aromatic N) is 1. The SMILES string of the molecule is CSc1cc2nc[nH]c(=O)c2cc1Cl. The second-order valence-corrected chi connectivity index (χ2v) is 3.99. The molecular formula is C9H7ClN2OS. The Morgan fingerprint density at radius 2 is 2.29 bits per heavy atom. The largest absolute Gasteiger partial charge is 0.313 e. The molecule has 0 saturated carbocycles. The normalized spacial score (nSPS) is 10.7. The zero-order valence-electron chi connectivity index (χ0n) is 7.37. The number of halogens is 1. The lowest BCUT2D eigenvalue weighted by molar-refractivity contribution is 1.17. The van der Waals surface area contributed by atoms with E-state index in [1.165, 1.54) is 18.1 Å². The Labute approximate surface area is 89.5 Å². The lowest BCUT2D eigenvalue weighted by atomic mass is 10.2. The lowest BCUT2D eigenvalue weighted by Crippen LogP contribution is -2.06. The summed E-state index contributed by atoms with van der Waals surface area (Å²) in [5.74, 6) is 0. The second kappa shape index (κ2) is 3.63. The first-order chi connectivity index (χ1) is 6.72. The molecule has 1 aromatic carbocycles. The number of nitrogens with one attached hydrogen (secondary N) is 1.